The first-order valence-corrected chi connectivity index (χ1v) is 6.54. The summed E-state index contributed by atoms with van der Waals surface area (Å²) in [4.78, 5) is 11.8. The number of phenols is 1. The van der Waals surface area contributed by atoms with Gasteiger partial charge in [-0.15, -0.1) is 0 Å². The van der Waals surface area contributed by atoms with E-state index in [-0.39, 0.29) is 5.56 Å². The van der Waals surface area contributed by atoms with E-state index in [4.69, 9.17) is 5.11 Å². The van der Waals surface area contributed by atoms with Gasteiger partial charge < -0.3 is 10.4 Å². The second-order valence-corrected chi connectivity index (χ2v) is 5.00. The SMILES string of the molecule is O=C(NCC1CCCCC1)c1cc(F)c(O)c(F)c1. The average molecular weight is 269 g/mol. The third kappa shape index (κ3) is 3.43. The van der Waals surface area contributed by atoms with Crippen LogP contribution < -0.4 is 5.32 Å². The normalized spacial score (nSPS) is 16.3. The van der Waals surface area contributed by atoms with Gasteiger partial charge >= 0.3 is 0 Å². The molecule has 1 fully saturated rings. The van der Waals surface area contributed by atoms with Crippen molar-refractivity contribution in [3.8, 4) is 5.75 Å². The Hall–Kier alpha value is -1.65. The van der Waals surface area contributed by atoms with Gasteiger partial charge in [0.05, 0.1) is 0 Å². The van der Waals surface area contributed by atoms with Gasteiger partial charge in [0.15, 0.2) is 17.4 Å². The molecule has 0 saturated heterocycles. The molecule has 0 bridgehead atoms. The highest BCUT2D eigenvalue weighted by Crippen LogP contribution is 2.23. The zero-order chi connectivity index (χ0) is 13.8. The summed E-state index contributed by atoms with van der Waals surface area (Å²) in [6.07, 6.45) is 5.74. The second-order valence-electron chi connectivity index (χ2n) is 5.00. The lowest BCUT2D eigenvalue weighted by Crippen LogP contribution is -2.30. The van der Waals surface area contributed by atoms with E-state index in [0.717, 1.165) is 25.0 Å². The standard InChI is InChI=1S/C14H17F2NO2/c15-11-6-10(7-12(16)13(11)18)14(19)17-8-9-4-2-1-3-5-9/h6-7,9,18H,1-5,8H2,(H,17,19). The maximum atomic E-state index is 13.1. The van der Waals surface area contributed by atoms with Gasteiger partial charge in [-0.25, -0.2) is 8.78 Å². The summed E-state index contributed by atoms with van der Waals surface area (Å²) in [5, 5.41) is 11.7. The third-order valence-electron chi connectivity index (χ3n) is 3.56. The third-order valence-corrected chi connectivity index (χ3v) is 3.56. The predicted octanol–water partition coefficient (Wildman–Crippen LogP) is 2.98. The maximum absolute atomic E-state index is 13.1. The Kier molecular flexibility index (Phi) is 4.35. The topological polar surface area (TPSA) is 49.3 Å². The van der Waals surface area contributed by atoms with Gasteiger partial charge in [-0.3, -0.25) is 4.79 Å². The molecular weight excluding hydrogens is 252 g/mol. The Labute approximate surface area is 110 Å². The zero-order valence-electron chi connectivity index (χ0n) is 10.6. The van der Waals surface area contributed by atoms with Crippen molar-refractivity contribution in [2.45, 2.75) is 32.1 Å². The van der Waals surface area contributed by atoms with E-state index >= 15 is 0 Å². The minimum Gasteiger partial charge on any atom is -0.503 e. The van der Waals surface area contributed by atoms with Crippen LogP contribution >= 0.6 is 0 Å². The number of carbonyl (C=O) groups is 1. The van der Waals surface area contributed by atoms with Crippen LogP contribution in [0.25, 0.3) is 0 Å². The van der Waals surface area contributed by atoms with E-state index < -0.39 is 23.3 Å². The summed E-state index contributed by atoms with van der Waals surface area (Å²) < 4.78 is 26.3. The summed E-state index contributed by atoms with van der Waals surface area (Å²) in [7, 11) is 0. The van der Waals surface area contributed by atoms with Crippen LogP contribution in [0.5, 0.6) is 5.75 Å². The maximum Gasteiger partial charge on any atom is 0.251 e. The molecule has 0 heterocycles. The number of halogens is 2. The van der Waals surface area contributed by atoms with Gasteiger partial charge in [0.2, 0.25) is 0 Å². The molecule has 1 aliphatic rings. The Balaban J connectivity index is 1.96. The number of nitrogens with one attached hydrogen (secondary N) is 1. The van der Waals surface area contributed by atoms with Crippen molar-refractivity contribution in [1.29, 1.82) is 0 Å². The molecule has 19 heavy (non-hydrogen) atoms. The van der Waals surface area contributed by atoms with E-state index in [1.165, 1.54) is 19.3 Å². The Morgan fingerprint density at radius 2 is 1.79 bits per heavy atom. The number of hydrogen-bond donors (Lipinski definition) is 2. The van der Waals surface area contributed by atoms with Gasteiger partial charge in [0.25, 0.3) is 5.91 Å². The molecular formula is C14H17F2NO2. The molecule has 0 atom stereocenters. The molecule has 0 aliphatic heterocycles. The summed E-state index contributed by atoms with van der Waals surface area (Å²) in [6.45, 7) is 0.531. The summed E-state index contributed by atoms with van der Waals surface area (Å²) in [5.41, 5.74) is -0.108. The van der Waals surface area contributed by atoms with Crippen LogP contribution in [0.15, 0.2) is 12.1 Å². The number of phenolic OH excluding ortho intramolecular Hbond substituents is 1. The number of carbonyl (C=O) groups excluding carboxylic acids is 1. The Morgan fingerprint density at radius 1 is 1.21 bits per heavy atom. The van der Waals surface area contributed by atoms with E-state index in [1.54, 1.807) is 0 Å². The molecule has 2 rings (SSSR count). The van der Waals surface area contributed by atoms with E-state index in [2.05, 4.69) is 5.32 Å². The molecule has 3 nitrogen and oxygen atoms in total. The first kappa shape index (κ1) is 13.8. The summed E-state index contributed by atoms with van der Waals surface area (Å²) in [6, 6.07) is 1.68. The average Bonchev–Trinajstić information content (AvgIpc) is 2.42. The fraction of sp³-hybridized carbons (Fsp3) is 0.500. The van der Waals surface area contributed by atoms with E-state index in [9.17, 15) is 13.6 Å². The molecule has 1 saturated carbocycles. The molecule has 104 valence electrons. The van der Waals surface area contributed by atoms with Crippen LogP contribution in [0.2, 0.25) is 0 Å². The van der Waals surface area contributed by atoms with Crippen LogP contribution in [0.4, 0.5) is 8.78 Å². The minimum absolute atomic E-state index is 0.108. The van der Waals surface area contributed by atoms with E-state index in [0.29, 0.717) is 12.5 Å². The fourth-order valence-electron chi connectivity index (χ4n) is 2.43. The van der Waals surface area contributed by atoms with Crippen LogP contribution in [-0.4, -0.2) is 17.6 Å². The van der Waals surface area contributed by atoms with Gasteiger partial charge in [-0.1, -0.05) is 19.3 Å². The van der Waals surface area contributed by atoms with Crippen LogP contribution in [0.1, 0.15) is 42.5 Å². The number of amides is 1. The van der Waals surface area contributed by atoms with Gasteiger partial charge in [0, 0.05) is 12.1 Å². The highest BCUT2D eigenvalue weighted by Gasteiger charge is 2.17. The highest BCUT2D eigenvalue weighted by atomic mass is 19.1. The molecule has 2 N–H and O–H groups in total. The Morgan fingerprint density at radius 3 is 2.37 bits per heavy atom. The van der Waals surface area contributed by atoms with Crippen molar-refractivity contribution < 1.29 is 18.7 Å². The van der Waals surface area contributed by atoms with Gasteiger partial charge in [-0.2, -0.15) is 0 Å². The zero-order valence-corrected chi connectivity index (χ0v) is 10.6. The van der Waals surface area contributed by atoms with Crippen molar-refractivity contribution in [1.82, 2.24) is 5.32 Å². The molecule has 0 radical (unpaired) electrons. The van der Waals surface area contributed by atoms with Crippen molar-refractivity contribution in [3.05, 3.63) is 29.3 Å². The quantitative estimate of drug-likeness (QED) is 0.886. The highest BCUT2D eigenvalue weighted by molar-refractivity contribution is 5.94. The number of benzene rings is 1. The second kappa shape index (κ2) is 5.99. The smallest absolute Gasteiger partial charge is 0.251 e. The molecule has 0 spiro atoms. The molecule has 1 amide bonds. The monoisotopic (exact) mass is 269 g/mol. The number of rotatable bonds is 3. The van der Waals surface area contributed by atoms with Crippen molar-refractivity contribution >= 4 is 5.91 Å². The number of hydrogen-bond acceptors (Lipinski definition) is 2. The molecule has 1 aliphatic carbocycles. The summed E-state index contributed by atoms with van der Waals surface area (Å²) >= 11 is 0. The largest absolute Gasteiger partial charge is 0.503 e. The van der Waals surface area contributed by atoms with Crippen molar-refractivity contribution in [2.24, 2.45) is 5.92 Å². The predicted molar refractivity (Wildman–Crippen MR) is 66.9 cm³/mol. The van der Waals surface area contributed by atoms with Crippen LogP contribution in [0, 0.1) is 17.6 Å². The minimum atomic E-state index is -1.12. The number of aromatic hydroxyl groups is 1. The van der Waals surface area contributed by atoms with Crippen LogP contribution in [-0.2, 0) is 0 Å². The van der Waals surface area contributed by atoms with Gasteiger partial charge in [-0.05, 0) is 30.9 Å². The first-order chi connectivity index (χ1) is 9.08. The van der Waals surface area contributed by atoms with Crippen molar-refractivity contribution in [2.75, 3.05) is 6.54 Å². The molecule has 1 aromatic rings. The van der Waals surface area contributed by atoms with Crippen LogP contribution in [0.3, 0.4) is 0 Å². The molecule has 0 unspecified atom stereocenters. The summed E-state index contributed by atoms with van der Waals surface area (Å²) in [5.74, 6) is -3.36. The van der Waals surface area contributed by atoms with Crippen molar-refractivity contribution in [3.63, 3.8) is 0 Å². The first-order valence-electron chi connectivity index (χ1n) is 6.54. The molecule has 1 aromatic carbocycles. The Bertz CT molecular complexity index is 448. The van der Waals surface area contributed by atoms with Gasteiger partial charge in [0.1, 0.15) is 0 Å². The fourth-order valence-corrected chi connectivity index (χ4v) is 2.43. The molecule has 5 heteroatoms. The lowest BCUT2D eigenvalue weighted by atomic mass is 9.89. The van der Waals surface area contributed by atoms with E-state index in [1.807, 2.05) is 0 Å². The lowest BCUT2D eigenvalue weighted by molar-refractivity contribution is 0.0942. The molecule has 0 aromatic heterocycles. The lowest BCUT2D eigenvalue weighted by Gasteiger charge is -2.21.